The van der Waals surface area contributed by atoms with E-state index in [2.05, 4.69) is 15.5 Å². The molecule has 1 fully saturated rings. The second-order valence-electron chi connectivity index (χ2n) is 4.81. The molecule has 1 aromatic heterocycles. The Hall–Kier alpha value is -1.11. The molecule has 114 valence electrons. The Morgan fingerprint density at radius 1 is 1.24 bits per heavy atom. The largest absolute Gasteiger partial charge is 0.416 e. The minimum Gasteiger partial charge on any atom is -0.416 e. The van der Waals surface area contributed by atoms with Gasteiger partial charge in [-0.05, 0) is 37.6 Å². The molecule has 0 aliphatic carbocycles. The minimum atomic E-state index is -0.196. The third-order valence-electron chi connectivity index (χ3n) is 3.42. The second-order valence-corrected chi connectivity index (χ2v) is 5.74. The van der Waals surface area contributed by atoms with Gasteiger partial charge in [-0.25, -0.2) is 4.39 Å². The maximum absolute atomic E-state index is 13.5. The van der Waals surface area contributed by atoms with Gasteiger partial charge < -0.3 is 9.73 Å². The van der Waals surface area contributed by atoms with E-state index in [0.717, 1.165) is 25.9 Å². The molecule has 0 saturated carbocycles. The fourth-order valence-electron chi connectivity index (χ4n) is 2.27. The lowest BCUT2D eigenvalue weighted by Crippen LogP contribution is -2.26. The van der Waals surface area contributed by atoms with Crippen molar-refractivity contribution in [3.63, 3.8) is 0 Å². The molecule has 1 N–H and O–H groups in total. The molecule has 2 heterocycles. The molecule has 4 nitrogen and oxygen atoms in total. The Labute approximate surface area is 133 Å². The molecule has 0 atom stereocenters. The molecule has 0 unspecified atom stereocenters. The highest BCUT2D eigenvalue weighted by Crippen LogP contribution is 2.28. The lowest BCUT2D eigenvalue weighted by molar-refractivity contribution is 0.342. The van der Waals surface area contributed by atoms with E-state index in [9.17, 15) is 4.39 Å². The summed E-state index contributed by atoms with van der Waals surface area (Å²) in [6.07, 6.45) is 2.05. The topological polar surface area (TPSA) is 51.0 Å². The third kappa shape index (κ3) is 4.18. The summed E-state index contributed by atoms with van der Waals surface area (Å²) in [5.74, 6) is 1.37. The van der Waals surface area contributed by atoms with Crippen LogP contribution in [0.1, 0.15) is 30.2 Å². The summed E-state index contributed by atoms with van der Waals surface area (Å²) in [5, 5.41) is 12.0. The molecule has 0 bridgehead atoms. The first-order chi connectivity index (χ1) is 9.83. The Morgan fingerprint density at radius 2 is 2.00 bits per heavy atom. The molecule has 0 radical (unpaired) electrons. The maximum Gasteiger partial charge on any atom is 0.276 e. The maximum atomic E-state index is 13.5. The first-order valence-electron chi connectivity index (χ1n) is 6.73. The zero-order valence-corrected chi connectivity index (χ0v) is 13.1. The van der Waals surface area contributed by atoms with Crippen molar-refractivity contribution in [3.05, 3.63) is 41.5 Å². The SMILES string of the molecule is Cl.Fc1ccccc1CSc1nnc(C2CCNCC2)o1. The van der Waals surface area contributed by atoms with Crippen molar-refractivity contribution in [2.45, 2.75) is 29.7 Å². The van der Waals surface area contributed by atoms with Crippen molar-refractivity contribution in [3.8, 4) is 0 Å². The second kappa shape index (κ2) is 7.77. The predicted molar refractivity (Wildman–Crippen MR) is 82.4 cm³/mol. The van der Waals surface area contributed by atoms with Crippen LogP contribution in [0, 0.1) is 5.82 Å². The highest BCUT2D eigenvalue weighted by Gasteiger charge is 2.21. The van der Waals surface area contributed by atoms with Gasteiger partial charge in [-0.15, -0.1) is 22.6 Å². The Morgan fingerprint density at radius 3 is 2.76 bits per heavy atom. The van der Waals surface area contributed by atoms with E-state index in [1.54, 1.807) is 12.1 Å². The summed E-state index contributed by atoms with van der Waals surface area (Å²) in [5.41, 5.74) is 0.652. The number of nitrogens with one attached hydrogen (secondary N) is 1. The average molecular weight is 330 g/mol. The van der Waals surface area contributed by atoms with Crippen molar-refractivity contribution in [1.29, 1.82) is 0 Å². The molecule has 0 amide bonds. The monoisotopic (exact) mass is 329 g/mol. The van der Waals surface area contributed by atoms with Gasteiger partial charge >= 0.3 is 0 Å². The summed E-state index contributed by atoms with van der Waals surface area (Å²) in [6, 6.07) is 6.75. The molecule has 1 aliphatic heterocycles. The first-order valence-corrected chi connectivity index (χ1v) is 7.72. The van der Waals surface area contributed by atoms with Crippen molar-refractivity contribution in [1.82, 2.24) is 15.5 Å². The van der Waals surface area contributed by atoms with Crippen LogP contribution in [0.3, 0.4) is 0 Å². The predicted octanol–water partition coefficient (Wildman–Crippen LogP) is 3.39. The van der Waals surface area contributed by atoms with Gasteiger partial charge in [-0.1, -0.05) is 30.0 Å². The van der Waals surface area contributed by atoms with E-state index >= 15 is 0 Å². The van der Waals surface area contributed by atoms with E-state index in [-0.39, 0.29) is 18.2 Å². The standard InChI is InChI=1S/C14H16FN3OS.ClH/c15-12-4-2-1-3-11(12)9-20-14-18-17-13(19-14)10-5-7-16-8-6-10;/h1-4,10,16H,5-9H2;1H. The van der Waals surface area contributed by atoms with Crippen molar-refractivity contribution in [2.24, 2.45) is 0 Å². The molecule has 1 aromatic carbocycles. The summed E-state index contributed by atoms with van der Waals surface area (Å²) in [6.45, 7) is 1.98. The normalized spacial score (nSPS) is 15.7. The van der Waals surface area contributed by atoms with Gasteiger partial charge in [0.05, 0.1) is 0 Å². The number of hydrogen-bond donors (Lipinski definition) is 1. The van der Waals surface area contributed by atoms with E-state index in [4.69, 9.17) is 4.42 Å². The average Bonchev–Trinajstić information content (AvgIpc) is 2.96. The Balaban J connectivity index is 0.00000161. The van der Waals surface area contributed by atoms with E-state index < -0.39 is 0 Å². The molecule has 3 rings (SSSR count). The zero-order valence-electron chi connectivity index (χ0n) is 11.4. The van der Waals surface area contributed by atoms with Crippen LogP contribution >= 0.6 is 24.2 Å². The third-order valence-corrected chi connectivity index (χ3v) is 4.29. The Bertz CT molecular complexity index is 575. The minimum absolute atomic E-state index is 0. The van der Waals surface area contributed by atoms with Gasteiger partial charge in [-0.3, -0.25) is 0 Å². The number of hydrogen-bond acceptors (Lipinski definition) is 5. The van der Waals surface area contributed by atoms with Gasteiger partial charge in [0.2, 0.25) is 5.89 Å². The fourth-order valence-corrected chi connectivity index (χ4v) is 3.02. The zero-order chi connectivity index (χ0) is 13.8. The first kappa shape index (κ1) is 16.3. The highest BCUT2D eigenvalue weighted by atomic mass is 35.5. The number of rotatable bonds is 4. The Kier molecular flexibility index (Phi) is 6.02. The van der Waals surface area contributed by atoms with E-state index in [1.807, 2.05) is 6.07 Å². The smallest absolute Gasteiger partial charge is 0.276 e. The summed E-state index contributed by atoms with van der Waals surface area (Å²) < 4.78 is 19.2. The molecule has 21 heavy (non-hydrogen) atoms. The number of aromatic nitrogens is 2. The lowest BCUT2D eigenvalue weighted by atomic mass is 9.98. The molecule has 1 aliphatic rings. The van der Waals surface area contributed by atoms with Crippen LogP contribution in [0.4, 0.5) is 4.39 Å². The number of benzene rings is 1. The van der Waals surface area contributed by atoms with Crippen molar-refractivity contribution >= 4 is 24.2 Å². The van der Waals surface area contributed by atoms with Gasteiger partial charge in [0.15, 0.2) is 0 Å². The molecule has 0 spiro atoms. The number of piperidine rings is 1. The summed E-state index contributed by atoms with van der Waals surface area (Å²) >= 11 is 1.38. The van der Waals surface area contributed by atoms with Crippen LogP contribution in [0.25, 0.3) is 0 Å². The van der Waals surface area contributed by atoms with Crippen LogP contribution in [0.15, 0.2) is 33.9 Å². The van der Waals surface area contributed by atoms with Crippen molar-refractivity contribution in [2.75, 3.05) is 13.1 Å². The van der Waals surface area contributed by atoms with E-state index in [0.29, 0.717) is 28.3 Å². The van der Waals surface area contributed by atoms with E-state index in [1.165, 1.54) is 17.8 Å². The number of thioether (sulfide) groups is 1. The van der Waals surface area contributed by atoms with Crippen LogP contribution in [0.5, 0.6) is 0 Å². The van der Waals surface area contributed by atoms with Gasteiger partial charge in [0.1, 0.15) is 5.82 Å². The van der Waals surface area contributed by atoms with Crippen molar-refractivity contribution < 1.29 is 8.81 Å². The molecular formula is C14H17ClFN3OS. The van der Waals surface area contributed by atoms with Crippen LogP contribution < -0.4 is 5.32 Å². The molecule has 2 aromatic rings. The van der Waals surface area contributed by atoms with Crippen LogP contribution in [-0.4, -0.2) is 23.3 Å². The highest BCUT2D eigenvalue weighted by molar-refractivity contribution is 7.98. The quantitative estimate of drug-likeness (QED) is 0.871. The molecule has 7 heteroatoms. The van der Waals surface area contributed by atoms with Crippen LogP contribution in [-0.2, 0) is 5.75 Å². The molecule has 1 saturated heterocycles. The number of nitrogens with zero attached hydrogens (tertiary/aromatic N) is 2. The van der Waals surface area contributed by atoms with Gasteiger partial charge in [0, 0.05) is 11.7 Å². The van der Waals surface area contributed by atoms with Crippen LogP contribution in [0.2, 0.25) is 0 Å². The fraction of sp³-hybridized carbons (Fsp3) is 0.429. The molecular weight excluding hydrogens is 313 g/mol. The number of halogens is 2. The summed E-state index contributed by atoms with van der Waals surface area (Å²) in [7, 11) is 0. The lowest BCUT2D eigenvalue weighted by Gasteiger charge is -2.18. The van der Waals surface area contributed by atoms with Gasteiger partial charge in [0.25, 0.3) is 5.22 Å². The summed E-state index contributed by atoms with van der Waals surface area (Å²) in [4.78, 5) is 0. The van der Waals surface area contributed by atoms with Gasteiger partial charge in [-0.2, -0.15) is 0 Å².